The zero-order chi connectivity index (χ0) is 16.0. The van der Waals surface area contributed by atoms with Crippen molar-refractivity contribution in [3.63, 3.8) is 0 Å². The third-order valence-corrected chi connectivity index (χ3v) is 3.94. The van der Waals surface area contributed by atoms with E-state index in [1.807, 2.05) is 0 Å². The topological polar surface area (TPSA) is 81.5 Å². The third-order valence-electron chi connectivity index (χ3n) is 3.94. The van der Waals surface area contributed by atoms with Gasteiger partial charge in [0.05, 0.1) is 22.9 Å². The standard InChI is InChI=1S/C16H13N3O4/c20-14-12-3-1-2-4-13(12)15(21)19(14)23-16(22)11-7-17-18(9-11)8-10-5-6-10/h1-4,7,9-10H,5-6,8H2. The highest BCUT2D eigenvalue weighted by Gasteiger charge is 2.39. The minimum Gasteiger partial charge on any atom is -0.324 e. The molecule has 2 aliphatic rings. The molecule has 7 nitrogen and oxygen atoms in total. The van der Waals surface area contributed by atoms with Crippen LogP contribution in [0, 0.1) is 5.92 Å². The van der Waals surface area contributed by atoms with Gasteiger partial charge in [0, 0.05) is 12.7 Å². The molecular weight excluding hydrogens is 298 g/mol. The summed E-state index contributed by atoms with van der Waals surface area (Å²) in [6.45, 7) is 0.764. The van der Waals surface area contributed by atoms with Gasteiger partial charge in [0.25, 0.3) is 11.8 Å². The Morgan fingerprint density at radius 2 is 1.83 bits per heavy atom. The fraction of sp³-hybridized carbons (Fsp3) is 0.250. The lowest BCUT2D eigenvalue weighted by Crippen LogP contribution is -2.32. The molecule has 2 aromatic rings. The van der Waals surface area contributed by atoms with E-state index in [2.05, 4.69) is 5.10 Å². The highest BCUT2D eigenvalue weighted by Crippen LogP contribution is 2.30. The number of rotatable bonds is 4. The number of hydrogen-bond acceptors (Lipinski definition) is 5. The number of carbonyl (C=O) groups is 3. The first-order valence-electron chi connectivity index (χ1n) is 7.36. The Morgan fingerprint density at radius 1 is 1.17 bits per heavy atom. The molecule has 0 spiro atoms. The number of hydrogen-bond donors (Lipinski definition) is 0. The van der Waals surface area contributed by atoms with E-state index >= 15 is 0 Å². The van der Waals surface area contributed by atoms with Crippen molar-refractivity contribution in [1.29, 1.82) is 0 Å². The van der Waals surface area contributed by atoms with Crippen molar-refractivity contribution in [3.05, 3.63) is 53.3 Å². The average Bonchev–Trinajstić information content (AvgIpc) is 3.19. The van der Waals surface area contributed by atoms with Crippen molar-refractivity contribution in [3.8, 4) is 0 Å². The summed E-state index contributed by atoms with van der Waals surface area (Å²) < 4.78 is 1.68. The van der Waals surface area contributed by atoms with Crippen LogP contribution < -0.4 is 0 Å². The molecule has 7 heteroatoms. The van der Waals surface area contributed by atoms with Crippen LogP contribution in [0.15, 0.2) is 36.7 Å². The first-order valence-corrected chi connectivity index (χ1v) is 7.36. The first-order chi connectivity index (χ1) is 11.1. The SMILES string of the molecule is O=C(ON1C(=O)c2ccccc2C1=O)c1cnn(CC2CC2)c1. The molecule has 2 amide bonds. The van der Waals surface area contributed by atoms with E-state index in [0.29, 0.717) is 11.0 Å². The Balaban J connectivity index is 1.49. The molecular formula is C16H13N3O4. The number of hydroxylamine groups is 2. The van der Waals surface area contributed by atoms with Crippen LogP contribution in [0.1, 0.15) is 43.9 Å². The van der Waals surface area contributed by atoms with Crippen molar-refractivity contribution in [2.45, 2.75) is 19.4 Å². The molecule has 0 bridgehead atoms. The van der Waals surface area contributed by atoms with E-state index in [0.717, 1.165) is 6.54 Å². The van der Waals surface area contributed by atoms with Gasteiger partial charge in [-0.2, -0.15) is 5.10 Å². The number of imide groups is 1. The van der Waals surface area contributed by atoms with Gasteiger partial charge in [-0.25, -0.2) is 4.79 Å². The van der Waals surface area contributed by atoms with E-state index in [1.165, 1.54) is 31.2 Å². The molecule has 0 unspecified atom stereocenters. The van der Waals surface area contributed by atoms with Crippen LogP contribution in [0.2, 0.25) is 0 Å². The van der Waals surface area contributed by atoms with Gasteiger partial charge in [0.2, 0.25) is 0 Å². The zero-order valence-electron chi connectivity index (χ0n) is 12.1. The molecule has 1 aromatic carbocycles. The fourth-order valence-corrected chi connectivity index (χ4v) is 2.52. The van der Waals surface area contributed by atoms with Gasteiger partial charge in [0.1, 0.15) is 0 Å². The van der Waals surface area contributed by atoms with Crippen molar-refractivity contribution in [2.24, 2.45) is 5.92 Å². The molecule has 23 heavy (non-hydrogen) atoms. The average molecular weight is 311 g/mol. The molecule has 0 radical (unpaired) electrons. The lowest BCUT2D eigenvalue weighted by molar-refractivity contribution is -0.0584. The fourth-order valence-electron chi connectivity index (χ4n) is 2.52. The maximum atomic E-state index is 12.1. The van der Waals surface area contributed by atoms with Crippen LogP contribution in [0.5, 0.6) is 0 Å². The molecule has 0 N–H and O–H groups in total. The Morgan fingerprint density at radius 3 is 2.43 bits per heavy atom. The Kier molecular flexibility index (Phi) is 3.00. The summed E-state index contributed by atoms with van der Waals surface area (Å²) in [6.07, 6.45) is 5.30. The van der Waals surface area contributed by atoms with Crippen LogP contribution in [0.3, 0.4) is 0 Å². The zero-order valence-corrected chi connectivity index (χ0v) is 12.1. The summed E-state index contributed by atoms with van der Waals surface area (Å²) >= 11 is 0. The van der Waals surface area contributed by atoms with Crippen LogP contribution in [0.4, 0.5) is 0 Å². The predicted molar refractivity (Wildman–Crippen MR) is 77.3 cm³/mol. The van der Waals surface area contributed by atoms with Gasteiger partial charge in [-0.1, -0.05) is 17.2 Å². The third kappa shape index (κ3) is 2.40. The lowest BCUT2D eigenvalue weighted by atomic mass is 10.1. The van der Waals surface area contributed by atoms with E-state index < -0.39 is 17.8 Å². The number of amides is 2. The van der Waals surface area contributed by atoms with Crippen LogP contribution in [0.25, 0.3) is 0 Å². The second-order valence-electron chi connectivity index (χ2n) is 5.72. The molecule has 2 heterocycles. The second kappa shape index (κ2) is 5.05. The summed E-state index contributed by atoms with van der Waals surface area (Å²) in [5, 5.41) is 4.60. The molecule has 1 aliphatic heterocycles. The Labute approximate surface area is 131 Å². The summed E-state index contributed by atoms with van der Waals surface area (Å²) in [6, 6.07) is 6.35. The van der Waals surface area contributed by atoms with Gasteiger partial charge in [-0.15, -0.1) is 0 Å². The van der Waals surface area contributed by atoms with Crippen LogP contribution in [-0.4, -0.2) is 32.6 Å². The first kappa shape index (κ1) is 13.7. The molecule has 1 aromatic heterocycles. The van der Waals surface area contributed by atoms with Gasteiger partial charge in [0.15, 0.2) is 0 Å². The van der Waals surface area contributed by atoms with Crippen molar-refractivity contribution < 1.29 is 19.2 Å². The molecule has 1 aliphatic carbocycles. The Bertz CT molecular complexity index is 787. The normalized spacial score (nSPS) is 16.6. The van der Waals surface area contributed by atoms with Gasteiger partial charge >= 0.3 is 5.97 Å². The van der Waals surface area contributed by atoms with Crippen LogP contribution >= 0.6 is 0 Å². The Hall–Kier alpha value is -2.96. The van der Waals surface area contributed by atoms with E-state index in [4.69, 9.17) is 4.84 Å². The quantitative estimate of drug-likeness (QED) is 0.802. The lowest BCUT2D eigenvalue weighted by Gasteiger charge is -2.11. The van der Waals surface area contributed by atoms with E-state index in [1.54, 1.807) is 23.0 Å². The number of benzene rings is 1. The number of aromatic nitrogens is 2. The second-order valence-corrected chi connectivity index (χ2v) is 5.72. The smallest absolute Gasteiger partial charge is 0.324 e. The van der Waals surface area contributed by atoms with E-state index in [-0.39, 0.29) is 16.7 Å². The number of fused-ring (bicyclic) bond motifs is 1. The summed E-state index contributed by atoms with van der Waals surface area (Å²) in [4.78, 5) is 41.4. The number of carbonyl (C=O) groups excluding carboxylic acids is 3. The van der Waals surface area contributed by atoms with E-state index in [9.17, 15) is 14.4 Å². The van der Waals surface area contributed by atoms with Gasteiger partial charge in [-0.05, 0) is 30.9 Å². The number of nitrogens with zero attached hydrogens (tertiary/aromatic N) is 3. The minimum atomic E-state index is -0.776. The summed E-state index contributed by atoms with van der Waals surface area (Å²) in [7, 11) is 0. The largest absolute Gasteiger partial charge is 0.367 e. The van der Waals surface area contributed by atoms with Gasteiger partial charge in [-0.3, -0.25) is 14.3 Å². The summed E-state index contributed by atoms with van der Waals surface area (Å²) in [5.41, 5.74) is 0.673. The maximum Gasteiger partial charge on any atom is 0.367 e. The maximum absolute atomic E-state index is 12.1. The molecule has 0 atom stereocenters. The van der Waals surface area contributed by atoms with Crippen LogP contribution in [-0.2, 0) is 11.4 Å². The molecule has 116 valence electrons. The molecule has 4 rings (SSSR count). The monoisotopic (exact) mass is 311 g/mol. The van der Waals surface area contributed by atoms with Gasteiger partial charge < -0.3 is 4.84 Å². The van der Waals surface area contributed by atoms with Crippen molar-refractivity contribution in [2.75, 3.05) is 0 Å². The minimum absolute atomic E-state index is 0.210. The highest BCUT2D eigenvalue weighted by molar-refractivity contribution is 6.21. The predicted octanol–water partition coefficient (Wildman–Crippen LogP) is 1.66. The summed E-state index contributed by atoms with van der Waals surface area (Å²) in [5.74, 6) is -1.43. The van der Waals surface area contributed by atoms with Crippen molar-refractivity contribution >= 4 is 17.8 Å². The molecule has 1 fully saturated rings. The molecule has 0 saturated heterocycles. The molecule has 1 saturated carbocycles. The van der Waals surface area contributed by atoms with Crippen molar-refractivity contribution in [1.82, 2.24) is 14.8 Å². The highest BCUT2D eigenvalue weighted by atomic mass is 16.7.